The summed E-state index contributed by atoms with van der Waals surface area (Å²) in [6.45, 7) is 1.76. The highest BCUT2D eigenvalue weighted by atomic mass is 79.9. The molecule has 1 unspecified atom stereocenters. The number of pyridine rings is 1. The van der Waals surface area contributed by atoms with Gasteiger partial charge in [0.15, 0.2) is 5.78 Å². The molecule has 0 bridgehead atoms. The Kier molecular flexibility index (Phi) is 3.99. The molecule has 1 atom stereocenters. The number of rotatable bonds is 5. The number of carbonyl (C=O) groups is 2. The Morgan fingerprint density at radius 1 is 1.47 bits per heavy atom. The quantitative estimate of drug-likeness (QED) is 0.828. The summed E-state index contributed by atoms with van der Waals surface area (Å²) in [5.74, 6) is -1.14. The Morgan fingerprint density at radius 3 is 2.89 bits per heavy atom. The molecule has 0 aromatic carbocycles. The van der Waals surface area contributed by atoms with Gasteiger partial charge < -0.3 is 10.1 Å². The number of hydrogen-bond acceptors (Lipinski definition) is 3. The number of H-pyrrole nitrogens is 1. The van der Waals surface area contributed by atoms with Crippen LogP contribution in [0.25, 0.3) is 11.0 Å². The van der Waals surface area contributed by atoms with Crippen molar-refractivity contribution in [2.75, 3.05) is 0 Å². The van der Waals surface area contributed by atoms with Crippen LogP contribution in [0.2, 0.25) is 0 Å². The zero-order valence-corrected chi connectivity index (χ0v) is 11.9. The molecule has 0 saturated heterocycles. The van der Waals surface area contributed by atoms with E-state index in [2.05, 4.69) is 25.9 Å². The van der Waals surface area contributed by atoms with Gasteiger partial charge in [0.05, 0.1) is 0 Å². The summed E-state index contributed by atoms with van der Waals surface area (Å²) in [6.07, 6.45) is 3.49. The van der Waals surface area contributed by atoms with E-state index in [1.54, 1.807) is 19.3 Å². The lowest BCUT2D eigenvalue weighted by molar-refractivity contribution is -0.137. The lowest BCUT2D eigenvalue weighted by Gasteiger charge is -2.06. The first-order valence-corrected chi connectivity index (χ1v) is 6.64. The minimum atomic E-state index is -0.886. The van der Waals surface area contributed by atoms with Gasteiger partial charge in [0.25, 0.3) is 0 Å². The van der Waals surface area contributed by atoms with E-state index in [1.807, 2.05) is 6.07 Å². The molecule has 2 N–H and O–H groups in total. The number of nitrogens with one attached hydrogen (secondary N) is 1. The molecule has 100 valence electrons. The zero-order valence-electron chi connectivity index (χ0n) is 10.3. The summed E-state index contributed by atoms with van der Waals surface area (Å²) in [4.78, 5) is 29.9. The van der Waals surface area contributed by atoms with Crippen molar-refractivity contribution in [3.63, 3.8) is 0 Å². The van der Waals surface area contributed by atoms with Crippen molar-refractivity contribution in [3.05, 3.63) is 28.5 Å². The summed E-state index contributed by atoms with van der Waals surface area (Å²) in [5.41, 5.74) is 1.21. The maximum absolute atomic E-state index is 12.2. The van der Waals surface area contributed by atoms with Crippen LogP contribution >= 0.6 is 15.9 Å². The van der Waals surface area contributed by atoms with Gasteiger partial charge >= 0.3 is 5.97 Å². The number of carboxylic acid groups (broad SMARTS) is 1. The van der Waals surface area contributed by atoms with Crippen LogP contribution in [0.5, 0.6) is 0 Å². The van der Waals surface area contributed by atoms with E-state index in [9.17, 15) is 9.59 Å². The van der Waals surface area contributed by atoms with E-state index < -0.39 is 5.97 Å². The van der Waals surface area contributed by atoms with Crippen molar-refractivity contribution in [1.82, 2.24) is 9.97 Å². The maximum atomic E-state index is 12.2. The lowest BCUT2D eigenvalue weighted by atomic mass is 9.97. The average molecular weight is 325 g/mol. The van der Waals surface area contributed by atoms with E-state index in [4.69, 9.17) is 5.11 Å². The van der Waals surface area contributed by atoms with Crippen LogP contribution in [-0.2, 0) is 4.79 Å². The maximum Gasteiger partial charge on any atom is 0.303 e. The number of halogens is 1. The summed E-state index contributed by atoms with van der Waals surface area (Å²) in [6, 6.07) is 1.83. The van der Waals surface area contributed by atoms with Crippen molar-refractivity contribution >= 4 is 38.7 Å². The number of aromatic nitrogens is 2. The third-order valence-corrected chi connectivity index (χ3v) is 3.29. The smallest absolute Gasteiger partial charge is 0.303 e. The first-order valence-electron chi connectivity index (χ1n) is 5.85. The number of Topliss-reactive ketones (excluding diaryl/α,β-unsaturated/α-hetero) is 1. The lowest BCUT2D eigenvalue weighted by Crippen LogP contribution is -2.10. The fourth-order valence-electron chi connectivity index (χ4n) is 2.01. The molecule has 0 aliphatic heterocycles. The number of aliphatic carboxylic acids is 1. The topological polar surface area (TPSA) is 83.0 Å². The van der Waals surface area contributed by atoms with Gasteiger partial charge in [-0.2, -0.15) is 0 Å². The molecule has 6 heteroatoms. The van der Waals surface area contributed by atoms with Crippen molar-refractivity contribution < 1.29 is 14.7 Å². The van der Waals surface area contributed by atoms with Gasteiger partial charge in [-0.05, 0) is 27.9 Å². The summed E-state index contributed by atoms with van der Waals surface area (Å²) >= 11 is 3.32. The monoisotopic (exact) mass is 324 g/mol. The molecule has 19 heavy (non-hydrogen) atoms. The number of nitrogens with zero attached hydrogens (tertiary/aromatic N) is 1. The summed E-state index contributed by atoms with van der Waals surface area (Å²) in [7, 11) is 0. The number of carboxylic acids is 1. The number of carbonyl (C=O) groups excluding carboxylic acids is 1. The molecule has 0 saturated carbocycles. The number of fused-ring (bicyclic) bond motifs is 1. The first kappa shape index (κ1) is 13.7. The molecule has 0 aliphatic rings. The fraction of sp³-hybridized carbons (Fsp3) is 0.308. The molecule has 0 spiro atoms. The minimum absolute atomic E-state index is 0.00393. The molecule has 0 aliphatic carbocycles. The summed E-state index contributed by atoms with van der Waals surface area (Å²) < 4.78 is 0.798. The average Bonchev–Trinajstić information content (AvgIpc) is 2.70. The molecule has 0 fully saturated rings. The second kappa shape index (κ2) is 5.52. The Hall–Kier alpha value is -1.69. The summed E-state index contributed by atoms with van der Waals surface area (Å²) in [5, 5.41) is 9.45. The molecule has 2 aromatic heterocycles. The second-order valence-electron chi connectivity index (χ2n) is 4.58. The van der Waals surface area contributed by atoms with Crippen LogP contribution in [0.3, 0.4) is 0 Å². The van der Waals surface area contributed by atoms with Gasteiger partial charge in [0.2, 0.25) is 0 Å². The molecule has 0 amide bonds. The van der Waals surface area contributed by atoms with Crippen molar-refractivity contribution in [3.8, 4) is 0 Å². The van der Waals surface area contributed by atoms with Crippen LogP contribution in [0.15, 0.2) is 22.9 Å². The number of aromatic amines is 1. The highest BCUT2D eigenvalue weighted by Crippen LogP contribution is 2.23. The van der Waals surface area contributed by atoms with E-state index in [1.165, 1.54) is 0 Å². The fourth-order valence-corrected chi connectivity index (χ4v) is 2.34. The van der Waals surface area contributed by atoms with Crippen LogP contribution in [0, 0.1) is 5.92 Å². The van der Waals surface area contributed by atoms with Gasteiger partial charge in [-0.25, -0.2) is 4.98 Å². The highest BCUT2D eigenvalue weighted by molar-refractivity contribution is 9.10. The van der Waals surface area contributed by atoms with Crippen LogP contribution in [0.4, 0.5) is 0 Å². The van der Waals surface area contributed by atoms with E-state index in [-0.39, 0.29) is 24.5 Å². The van der Waals surface area contributed by atoms with Crippen LogP contribution in [-0.4, -0.2) is 26.8 Å². The molecule has 5 nitrogen and oxygen atoms in total. The van der Waals surface area contributed by atoms with Gasteiger partial charge in [-0.1, -0.05) is 6.92 Å². The van der Waals surface area contributed by atoms with E-state index >= 15 is 0 Å². The van der Waals surface area contributed by atoms with Crippen molar-refractivity contribution in [1.29, 1.82) is 0 Å². The predicted octanol–water partition coefficient (Wildman–Crippen LogP) is 3.01. The van der Waals surface area contributed by atoms with Gasteiger partial charge in [0, 0.05) is 40.7 Å². The largest absolute Gasteiger partial charge is 0.481 e. The number of hydrogen-bond donors (Lipinski definition) is 2. The predicted molar refractivity (Wildman–Crippen MR) is 74.2 cm³/mol. The molecule has 2 rings (SSSR count). The van der Waals surface area contributed by atoms with Crippen molar-refractivity contribution in [2.45, 2.75) is 19.8 Å². The standard InChI is InChI=1S/C13H13BrN2O3/c1-7(3-12(18)19)2-11(17)10-6-16-13-9(10)4-8(14)5-15-13/h4-7H,2-3H2,1H3,(H,15,16)(H,18,19). The van der Waals surface area contributed by atoms with E-state index in [0.29, 0.717) is 11.2 Å². The normalized spacial score (nSPS) is 12.5. The van der Waals surface area contributed by atoms with Gasteiger partial charge in [-0.15, -0.1) is 0 Å². The Labute approximate surface area is 118 Å². The molecule has 2 heterocycles. The molecule has 2 aromatic rings. The third kappa shape index (κ3) is 3.20. The van der Waals surface area contributed by atoms with Gasteiger partial charge in [0.1, 0.15) is 5.65 Å². The van der Waals surface area contributed by atoms with E-state index in [0.717, 1.165) is 9.86 Å². The van der Waals surface area contributed by atoms with Gasteiger partial charge in [-0.3, -0.25) is 9.59 Å². The van der Waals surface area contributed by atoms with Crippen LogP contribution in [0.1, 0.15) is 30.1 Å². The highest BCUT2D eigenvalue weighted by Gasteiger charge is 2.17. The zero-order chi connectivity index (χ0) is 14.0. The Balaban J connectivity index is 2.22. The molecular weight excluding hydrogens is 312 g/mol. The van der Waals surface area contributed by atoms with Crippen molar-refractivity contribution in [2.24, 2.45) is 5.92 Å². The Morgan fingerprint density at radius 2 is 2.21 bits per heavy atom. The number of ketones is 1. The second-order valence-corrected chi connectivity index (χ2v) is 5.50. The Bertz CT molecular complexity index is 636. The van der Waals surface area contributed by atoms with Crippen LogP contribution < -0.4 is 0 Å². The molecule has 0 radical (unpaired) electrons. The first-order chi connectivity index (χ1) is 8.97. The SMILES string of the molecule is CC(CC(=O)O)CC(=O)c1c[nH]c2ncc(Br)cc12. The third-order valence-electron chi connectivity index (χ3n) is 2.86. The minimum Gasteiger partial charge on any atom is -0.481 e. The molecular formula is C13H13BrN2O3.